The molecule has 0 fully saturated rings. The molecule has 0 aromatic heterocycles. The molecule has 1 aliphatic heterocycles. The van der Waals surface area contributed by atoms with Crippen molar-refractivity contribution < 1.29 is 4.74 Å². The van der Waals surface area contributed by atoms with Crippen molar-refractivity contribution in [3.05, 3.63) is 125 Å². The van der Waals surface area contributed by atoms with Crippen LogP contribution in [0.2, 0.25) is 0 Å². The first-order valence-corrected chi connectivity index (χ1v) is 11.2. The average molecular weight is 419 g/mol. The number of hydrogen-bond acceptors (Lipinski definition) is 2. The molecule has 1 spiro atoms. The van der Waals surface area contributed by atoms with Crippen LogP contribution in [-0.4, -0.2) is 7.85 Å². The van der Waals surface area contributed by atoms with Gasteiger partial charge in [-0.2, -0.15) is 5.26 Å². The molecule has 33 heavy (non-hydrogen) atoms. The van der Waals surface area contributed by atoms with E-state index < -0.39 is 5.41 Å². The molecule has 0 saturated heterocycles. The molecule has 5 aromatic rings. The highest BCUT2D eigenvalue weighted by atomic mass is 16.5. The molecule has 152 valence electrons. The molecule has 0 amide bonds. The van der Waals surface area contributed by atoms with Gasteiger partial charge in [-0.1, -0.05) is 84.3 Å². The van der Waals surface area contributed by atoms with Crippen molar-refractivity contribution >= 4 is 24.1 Å². The molecule has 0 radical (unpaired) electrons. The molecule has 7 rings (SSSR count). The first kappa shape index (κ1) is 18.3. The summed E-state index contributed by atoms with van der Waals surface area (Å²) in [7, 11) is 2.08. The molecule has 0 saturated carbocycles. The zero-order chi connectivity index (χ0) is 22.2. The summed E-state index contributed by atoms with van der Waals surface area (Å²) in [5, 5.41) is 12.1. The summed E-state index contributed by atoms with van der Waals surface area (Å²) < 4.78 is 6.45. The van der Waals surface area contributed by atoms with Gasteiger partial charge < -0.3 is 4.74 Å². The SMILES string of the molecule is Bc1ccc2c(c1)Oc1cc(C#N)ccc1C21c2ccccc2-c2c1ccc1ccccc21. The monoisotopic (exact) mass is 419 g/mol. The lowest BCUT2D eigenvalue weighted by molar-refractivity contribution is 0.436. The van der Waals surface area contributed by atoms with Crippen LogP contribution in [0.15, 0.2) is 97.1 Å². The summed E-state index contributed by atoms with van der Waals surface area (Å²) in [5.74, 6) is 1.61. The molecule has 0 bridgehead atoms. The molecule has 3 heteroatoms. The van der Waals surface area contributed by atoms with Gasteiger partial charge in [0.1, 0.15) is 19.3 Å². The third kappa shape index (κ3) is 2.23. The van der Waals surface area contributed by atoms with Gasteiger partial charge in [0.2, 0.25) is 0 Å². The van der Waals surface area contributed by atoms with Crippen LogP contribution in [0.3, 0.4) is 0 Å². The molecule has 1 heterocycles. The van der Waals surface area contributed by atoms with Crippen LogP contribution >= 0.6 is 0 Å². The topological polar surface area (TPSA) is 33.0 Å². The van der Waals surface area contributed by atoms with Crippen molar-refractivity contribution in [3.8, 4) is 28.7 Å². The molecule has 1 atom stereocenters. The van der Waals surface area contributed by atoms with Crippen molar-refractivity contribution in [2.24, 2.45) is 0 Å². The van der Waals surface area contributed by atoms with Gasteiger partial charge in [-0.05, 0) is 51.2 Å². The summed E-state index contributed by atoms with van der Waals surface area (Å²) in [6.07, 6.45) is 0. The molecular weight excluding hydrogens is 401 g/mol. The summed E-state index contributed by atoms with van der Waals surface area (Å²) in [5.41, 5.74) is 8.54. The Bertz CT molecular complexity index is 1680. The Hall–Kier alpha value is -4.29. The second-order valence-corrected chi connectivity index (χ2v) is 8.93. The fourth-order valence-electron chi connectivity index (χ4n) is 5.90. The largest absolute Gasteiger partial charge is 0.457 e. The van der Waals surface area contributed by atoms with E-state index in [1.165, 1.54) is 33.0 Å². The predicted octanol–water partition coefficient (Wildman–Crippen LogP) is 5.44. The molecule has 1 aliphatic carbocycles. The number of nitrogens with zero attached hydrogens (tertiary/aromatic N) is 1. The summed E-state index contributed by atoms with van der Waals surface area (Å²) >= 11 is 0. The van der Waals surface area contributed by atoms with E-state index in [9.17, 15) is 5.26 Å². The van der Waals surface area contributed by atoms with Gasteiger partial charge in [-0.15, -0.1) is 0 Å². The van der Waals surface area contributed by atoms with E-state index in [1.807, 2.05) is 12.1 Å². The maximum Gasteiger partial charge on any atom is 0.139 e. The van der Waals surface area contributed by atoms with Crippen LogP contribution in [-0.2, 0) is 5.41 Å². The van der Waals surface area contributed by atoms with Gasteiger partial charge in [-0.25, -0.2) is 0 Å². The number of nitriles is 1. The lowest BCUT2D eigenvalue weighted by Crippen LogP contribution is -2.32. The van der Waals surface area contributed by atoms with Crippen molar-refractivity contribution in [2.75, 3.05) is 0 Å². The fourth-order valence-corrected chi connectivity index (χ4v) is 5.90. The van der Waals surface area contributed by atoms with Crippen LogP contribution in [0.5, 0.6) is 11.5 Å². The standard InChI is InChI=1S/C30H18BNO/c31-20-11-14-25-28(16-20)33-27-15-18(17-32)9-12-24(27)30(25)23-8-4-3-7-22(23)29-21-6-2-1-5-19(21)10-13-26(29)30/h1-16H,31H2. The molecule has 5 aromatic carbocycles. The molecule has 1 unspecified atom stereocenters. The quantitative estimate of drug-likeness (QED) is 0.307. The van der Waals surface area contributed by atoms with Crippen LogP contribution in [0, 0.1) is 11.3 Å². The summed E-state index contributed by atoms with van der Waals surface area (Å²) in [6, 6.07) is 36.5. The number of rotatable bonds is 0. The fraction of sp³-hybridized carbons (Fsp3) is 0.0333. The Morgan fingerprint density at radius 3 is 2.30 bits per heavy atom. The Labute approximate surface area is 193 Å². The van der Waals surface area contributed by atoms with Crippen molar-refractivity contribution in [1.82, 2.24) is 0 Å². The zero-order valence-corrected chi connectivity index (χ0v) is 18.1. The Kier molecular flexibility index (Phi) is 3.53. The molecule has 2 aliphatic rings. The zero-order valence-electron chi connectivity index (χ0n) is 18.1. The Morgan fingerprint density at radius 2 is 1.42 bits per heavy atom. The lowest BCUT2D eigenvalue weighted by atomic mass is 9.65. The van der Waals surface area contributed by atoms with E-state index in [1.54, 1.807) is 0 Å². The Morgan fingerprint density at radius 1 is 0.697 bits per heavy atom. The first-order valence-electron chi connectivity index (χ1n) is 11.2. The van der Waals surface area contributed by atoms with Gasteiger partial charge in [-0.3, -0.25) is 0 Å². The van der Waals surface area contributed by atoms with E-state index in [0.717, 1.165) is 28.1 Å². The van der Waals surface area contributed by atoms with Crippen LogP contribution in [0.25, 0.3) is 21.9 Å². The normalized spacial score (nSPS) is 16.9. The smallest absolute Gasteiger partial charge is 0.139 e. The van der Waals surface area contributed by atoms with Crippen molar-refractivity contribution in [3.63, 3.8) is 0 Å². The van der Waals surface area contributed by atoms with Crippen molar-refractivity contribution in [1.29, 1.82) is 5.26 Å². The van der Waals surface area contributed by atoms with E-state index in [2.05, 4.69) is 98.8 Å². The van der Waals surface area contributed by atoms with E-state index in [0.29, 0.717) is 5.56 Å². The van der Waals surface area contributed by atoms with Crippen LogP contribution in [0.4, 0.5) is 0 Å². The highest BCUT2D eigenvalue weighted by Crippen LogP contribution is 2.62. The Balaban J connectivity index is 1.72. The molecule has 2 nitrogen and oxygen atoms in total. The van der Waals surface area contributed by atoms with Crippen LogP contribution in [0.1, 0.15) is 27.8 Å². The third-order valence-electron chi connectivity index (χ3n) is 7.21. The number of fused-ring (bicyclic) bond motifs is 11. The first-order chi connectivity index (χ1) is 16.2. The maximum absolute atomic E-state index is 9.56. The average Bonchev–Trinajstić information content (AvgIpc) is 3.15. The van der Waals surface area contributed by atoms with Gasteiger partial charge in [0, 0.05) is 11.1 Å². The van der Waals surface area contributed by atoms with Gasteiger partial charge >= 0.3 is 0 Å². The maximum atomic E-state index is 9.56. The van der Waals surface area contributed by atoms with Gasteiger partial charge in [0.05, 0.1) is 17.0 Å². The van der Waals surface area contributed by atoms with Gasteiger partial charge in [0.25, 0.3) is 0 Å². The second kappa shape index (κ2) is 6.37. The third-order valence-corrected chi connectivity index (χ3v) is 7.21. The predicted molar refractivity (Wildman–Crippen MR) is 134 cm³/mol. The minimum atomic E-state index is -0.499. The number of hydrogen-bond donors (Lipinski definition) is 0. The van der Waals surface area contributed by atoms with Crippen molar-refractivity contribution in [2.45, 2.75) is 5.41 Å². The van der Waals surface area contributed by atoms with Crippen LogP contribution < -0.4 is 10.2 Å². The van der Waals surface area contributed by atoms with E-state index >= 15 is 0 Å². The highest BCUT2D eigenvalue weighted by Gasteiger charge is 2.51. The van der Waals surface area contributed by atoms with E-state index in [4.69, 9.17) is 4.74 Å². The minimum Gasteiger partial charge on any atom is -0.457 e. The van der Waals surface area contributed by atoms with Gasteiger partial charge in [0.15, 0.2) is 0 Å². The summed E-state index contributed by atoms with van der Waals surface area (Å²) in [4.78, 5) is 0. The minimum absolute atomic E-state index is 0.499. The van der Waals surface area contributed by atoms with E-state index in [-0.39, 0.29) is 0 Å². The molecular formula is C30H18BNO. The lowest BCUT2D eigenvalue weighted by Gasteiger charge is -2.39. The summed E-state index contributed by atoms with van der Waals surface area (Å²) in [6.45, 7) is 0. The number of ether oxygens (including phenoxy) is 1. The second-order valence-electron chi connectivity index (χ2n) is 8.93. The highest BCUT2D eigenvalue weighted by molar-refractivity contribution is 6.32. The number of benzene rings is 5. The molecule has 0 N–H and O–H groups in total.